The highest BCUT2D eigenvalue weighted by Gasteiger charge is 2.06. The molecule has 2 aromatic rings. The predicted molar refractivity (Wildman–Crippen MR) is 63.5 cm³/mol. The molecule has 0 atom stereocenters. The molecular weight excluding hydrogens is 240 g/mol. The summed E-state index contributed by atoms with van der Waals surface area (Å²) in [5, 5.41) is 4.45. The molecule has 0 bridgehead atoms. The Morgan fingerprint density at radius 1 is 1.43 bits per heavy atom. The van der Waals surface area contributed by atoms with E-state index in [4.69, 9.17) is 0 Å². The summed E-state index contributed by atoms with van der Waals surface area (Å²) in [7, 11) is 1.96. The van der Waals surface area contributed by atoms with Gasteiger partial charge in [0, 0.05) is 27.6 Å². The zero-order valence-electron chi connectivity index (χ0n) is 8.32. The highest BCUT2D eigenvalue weighted by atomic mass is 79.9. The number of halogens is 1. The summed E-state index contributed by atoms with van der Waals surface area (Å²) in [6, 6.07) is 6.31. The lowest BCUT2D eigenvalue weighted by molar-refractivity contribution is 0.794. The van der Waals surface area contributed by atoms with Gasteiger partial charge in [-0.25, -0.2) is 0 Å². The maximum absolute atomic E-state index is 3.49. The van der Waals surface area contributed by atoms with Crippen molar-refractivity contribution in [3.8, 4) is 0 Å². The minimum Gasteiger partial charge on any atom is -0.357 e. The lowest BCUT2D eigenvalue weighted by Gasteiger charge is -1.96. The van der Waals surface area contributed by atoms with E-state index in [2.05, 4.69) is 51.4 Å². The minimum atomic E-state index is 0.887. The van der Waals surface area contributed by atoms with Crippen molar-refractivity contribution in [1.29, 1.82) is 0 Å². The maximum atomic E-state index is 3.49. The highest BCUT2D eigenvalue weighted by Crippen LogP contribution is 2.24. The number of rotatable bonds is 2. The van der Waals surface area contributed by atoms with Gasteiger partial charge in [0.05, 0.1) is 0 Å². The molecule has 0 aliphatic heterocycles. The number of hydrogen-bond donors (Lipinski definition) is 2. The molecule has 2 rings (SSSR count). The topological polar surface area (TPSA) is 27.8 Å². The van der Waals surface area contributed by atoms with E-state index in [1.54, 1.807) is 0 Å². The molecule has 2 nitrogen and oxygen atoms in total. The standard InChI is InChI=1S/C11H13BrN2/c1-7-9-5-8(12)3-4-10(9)14-11(7)6-13-2/h3-5,13-14H,6H2,1-2H3. The summed E-state index contributed by atoms with van der Waals surface area (Å²) in [5.41, 5.74) is 3.80. The largest absolute Gasteiger partial charge is 0.357 e. The van der Waals surface area contributed by atoms with E-state index >= 15 is 0 Å². The van der Waals surface area contributed by atoms with Crippen molar-refractivity contribution in [2.24, 2.45) is 0 Å². The Balaban J connectivity index is 2.62. The van der Waals surface area contributed by atoms with Gasteiger partial charge in [-0.2, -0.15) is 0 Å². The molecule has 0 fully saturated rings. The third-order valence-corrected chi connectivity index (χ3v) is 2.97. The van der Waals surface area contributed by atoms with Crippen molar-refractivity contribution >= 4 is 26.8 Å². The molecule has 14 heavy (non-hydrogen) atoms. The van der Waals surface area contributed by atoms with E-state index in [-0.39, 0.29) is 0 Å². The molecule has 0 unspecified atom stereocenters. The monoisotopic (exact) mass is 252 g/mol. The molecule has 1 heterocycles. The Kier molecular flexibility index (Phi) is 2.61. The van der Waals surface area contributed by atoms with Gasteiger partial charge in [-0.15, -0.1) is 0 Å². The van der Waals surface area contributed by atoms with Gasteiger partial charge in [-0.05, 0) is 37.7 Å². The summed E-state index contributed by atoms with van der Waals surface area (Å²) in [6.07, 6.45) is 0. The molecule has 1 aromatic carbocycles. The number of fused-ring (bicyclic) bond motifs is 1. The van der Waals surface area contributed by atoms with Crippen LogP contribution in [0.4, 0.5) is 0 Å². The van der Waals surface area contributed by atoms with Crippen molar-refractivity contribution < 1.29 is 0 Å². The number of H-pyrrole nitrogens is 1. The molecule has 0 saturated heterocycles. The SMILES string of the molecule is CNCc1[nH]c2ccc(Br)cc2c1C. The van der Waals surface area contributed by atoms with Crippen LogP contribution in [0.2, 0.25) is 0 Å². The minimum absolute atomic E-state index is 0.887. The van der Waals surface area contributed by atoms with Gasteiger partial charge in [0.25, 0.3) is 0 Å². The van der Waals surface area contributed by atoms with Gasteiger partial charge >= 0.3 is 0 Å². The van der Waals surface area contributed by atoms with Gasteiger partial charge in [-0.1, -0.05) is 15.9 Å². The Labute approximate surface area is 91.8 Å². The fraction of sp³-hybridized carbons (Fsp3) is 0.273. The average molecular weight is 253 g/mol. The smallest absolute Gasteiger partial charge is 0.0460 e. The van der Waals surface area contributed by atoms with Crippen molar-refractivity contribution in [2.45, 2.75) is 13.5 Å². The second kappa shape index (κ2) is 3.75. The first-order valence-electron chi connectivity index (χ1n) is 4.63. The summed E-state index contributed by atoms with van der Waals surface area (Å²) < 4.78 is 1.13. The van der Waals surface area contributed by atoms with E-state index in [0.29, 0.717) is 0 Å². The highest BCUT2D eigenvalue weighted by molar-refractivity contribution is 9.10. The van der Waals surface area contributed by atoms with Gasteiger partial charge in [0.1, 0.15) is 0 Å². The quantitative estimate of drug-likeness (QED) is 0.846. The van der Waals surface area contributed by atoms with Gasteiger partial charge < -0.3 is 10.3 Å². The molecule has 0 saturated carbocycles. The van der Waals surface area contributed by atoms with Crippen molar-refractivity contribution in [2.75, 3.05) is 7.05 Å². The molecule has 0 amide bonds. The van der Waals surface area contributed by atoms with Gasteiger partial charge in [0.2, 0.25) is 0 Å². The molecule has 1 aromatic heterocycles. The zero-order valence-corrected chi connectivity index (χ0v) is 9.90. The van der Waals surface area contributed by atoms with Crippen LogP contribution in [0, 0.1) is 6.92 Å². The van der Waals surface area contributed by atoms with Crippen LogP contribution in [-0.2, 0) is 6.54 Å². The van der Waals surface area contributed by atoms with Crippen molar-refractivity contribution in [3.05, 3.63) is 33.9 Å². The lowest BCUT2D eigenvalue weighted by Crippen LogP contribution is -2.06. The normalized spacial score (nSPS) is 11.1. The molecule has 2 N–H and O–H groups in total. The Bertz CT molecular complexity index is 460. The van der Waals surface area contributed by atoms with E-state index in [9.17, 15) is 0 Å². The number of aryl methyl sites for hydroxylation is 1. The third kappa shape index (κ3) is 1.57. The van der Waals surface area contributed by atoms with Crippen molar-refractivity contribution in [3.63, 3.8) is 0 Å². The Hall–Kier alpha value is -0.800. The molecule has 0 aliphatic carbocycles. The third-order valence-electron chi connectivity index (χ3n) is 2.48. The number of aromatic nitrogens is 1. The Morgan fingerprint density at radius 3 is 2.93 bits per heavy atom. The number of aromatic amines is 1. The van der Waals surface area contributed by atoms with E-state index < -0.39 is 0 Å². The maximum Gasteiger partial charge on any atom is 0.0460 e. The molecule has 74 valence electrons. The van der Waals surface area contributed by atoms with Crippen LogP contribution in [0.15, 0.2) is 22.7 Å². The molecule has 0 radical (unpaired) electrons. The molecule has 0 spiro atoms. The summed E-state index contributed by atoms with van der Waals surface area (Å²) >= 11 is 3.49. The number of benzene rings is 1. The molecular formula is C11H13BrN2. The number of hydrogen-bond acceptors (Lipinski definition) is 1. The van der Waals surface area contributed by atoms with Gasteiger partial charge in [0.15, 0.2) is 0 Å². The van der Waals surface area contributed by atoms with Crippen LogP contribution >= 0.6 is 15.9 Å². The van der Waals surface area contributed by atoms with Crippen LogP contribution in [0.1, 0.15) is 11.3 Å². The summed E-state index contributed by atoms with van der Waals surface area (Å²) in [5.74, 6) is 0. The summed E-state index contributed by atoms with van der Waals surface area (Å²) in [4.78, 5) is 3.41. The second-order valence-corrected chi connectivity index (χ2v) is 4.36. The first kappa shape index (κ1) is 9.74. The fourth-order valence-corrected chi connectivity index (χ4v) is 2.07. The Morgan fingerprint density at radius 2 is 2.21 bits per heavy atom. The zero-order chi connectivity index (χ0) is 10.1. The first-order chi connectivity index (χ1) is 6.72. The second-order valence-electron chi connectivity index (χ2n) is 3.45. The number of nitrogens with one attached hydrogen (secondary N) is 2. The predicted octanol–water partition coefficient (Wildman–Crippen LogP) is 2.96. The van der Waals surface area contributed by atoms with E-state index in [1.807, 2.05) is 7.05 Å². The van der Waals surface area contributed by atoms with Gasteiger partial charge in [-0.3, -0.25) is 0 Å². The van der Waals surface area contributed by atoms with E-state index in [1.165, 1.54) is 22.2 Å². The van der Waals surface area contributed by atoms with Crippen LogP contribution < -0.4 is 5.32 Å². The first-order valence-corrected chi connectivity index (χ1v) is 5.43. The van der Waals surface area contributed by atoms with Crippen LogP contribution in [-0.4, -0.2) is 12.0 Å². The van der Waals surface area contributed by atoms with Crippen LogP contribution in [0.25, 0.3) is 10.9 Å². The van der Waals surface area contributed by atoms with E-state index in [0.717, 1.165) is 11.0 Å². The van der Waals surface area contributed by atoms with Crippen LogP contribution in [0.5, 0.6) is 0 Å². The average Bonchev–Trinajstić information content (AvgIpc) is 2.46. The lowest BCUT2D eigenvalue weighted by atomic mass is 10.1. The van der Waals surface area contributed by atoms with Crippen LogP contribution in [0.3, 0.4) is 0 Å². The molecule has 0 aliphatic rings. The summed E-state index contributed by atoms with van der Waals surface area (Å²) in [6.45, 7) is 3.04. The fourth-order valence-electron chi connectivity index (χ4n) is 1.71. The van der Waals surface area contributed by atoms with Crippen molar-refractivity contribution in [1.82, 2.24) is 10.3 Å². The molecule has 3 heteroatoms.